The Labute approximate surface area is 169 Å². The fraction of sp³-hybridized carbons (Fsp3) is 0.364. The van der Waals surface area contributed by atoms with Crippen molar-refractivity contribution in [3.63, 3.8) is 0 Å². The van der Waals surface area contributed by atoms with Gasteiger partial charge in [0.05, 0.1) is 19.3 Å². The van der Waals surface area contributed by atoms with E-state index in [1.54, 1.807) is 55.5 Å². The molecule has 2 N–H and O–H groups in total. The zero-order chi connectivity index (χ0) is 21.0. The molecule has 29 heavy (non-hydrogen) atoms. The minimum absolute atomic E-state index is 0.345. The van der Waals surface area contributed by atoms with Crippen LogP contribution in [0.3, 0.4) is 0 Å². The van der Waals surface area contributed by atoms with E-state index in [9.17, 15) is 14.7 Å². The number of carboxylic acids is 1. The SMILES string of the molecule is CCC(C)OC(=O)C1(c2ccc(OC)cc2)NC(c2ccccc2)C(C(=O)O)O1. The van der Waals surface area contributed by atoms with Crippen LogP contribution in [0.1, 0.15) is 37.4 Å². The fourth-order valence-corrected chi connectivity index (χ4v) is 3.25. The van der Waals surface area contributed by atoms with Crippen molar-refractivity contribution in [1.82, 2.24) is 5.32 Å². The molecule has 1 fully saturated rings. The molecule has 0 amide bonds. The van der Waals surface area contributed by atoms with E-state index in [0.29, 0.717) is 23.3 Å². The molecule has 7 nitrogen and oxygen atoms in total. The van der Waals surface area contributed by atoms with E-state index in [1.807, 2.05) is 13.0 Å². The number of benzene rings is 2. The van der Waals surface area contributed by atoms with Crippen LogP contribution >= 0.6 is 0 Å². The summed E-state index contributed by atoms with van der Waals surface area (Å²) in [5, 5.41) is 12.9. The van der Waals surface area contributed by atoms with E-state index in [-0.39, 0.29) is 6.10 Å². The molecular formula is C22H25NO6. The number of carbonyl (C=O) groups is 2. The summed E-state index contributed by atoms with van der Waals surface area (Å²) in [4.78, 5) is 25.2. The van der Waals surface area contributed by atoms with Gasteiger partial charge in [0.2, 0.25) is 5.72 Å². The lowest BCUT2D eigenvalue weighted by atomic mass is 9.99. The van der Waals surface area contributed by atoms with Crippen molar-refractivity contribution in [2.75, 3.05) is 7.11 Å². The third kappa shape index (κ3) is 4.11. The number of carbonyl (C=O) groups excluding carboxylic acids is 1. The zero-order valence-electron chi connectivity index (χ0n) is 16.6. The molecule has 154 valence electrons. The Morgan fingerprint density at radius 2 is 1.83 bits per heavy atom. The first-order valence-corrected chi connectivity index (χ1v) is 9.50. The van der Waals surface area contributed by atoms with Gasteiger partial charge in [-0.3, -0.25) is 5.32 Å². The van der Waals surface area contributed by atoms with E-state index >= 15 is 0 Å². The predicted molar refractivity (Wildman–Crippen MR) is 105 cm³/mol. The summed E-state index contributed by atoms with van der Waals surface area (Å²) >= 11 is 0. The van der Waals surface area contributed by atoms with Crippen LogP contribution < -0.4 is 10.1 Å². The normalized spacial score (nSPS) is 24.7. The van der Waals surface area contributed by atoms with Gasteiger partial charge in [0, 0.05) is 5.56 Å². The molecule has 1 heterocycles. The average Bonchev–Trinajstić information content (AvgIpc) is 3.17. The minimum atomic E-state index is -1.75. The first-order valence-electron chi connectivity index (χ1n) is 9.50. The highest BCUT2D eigenvalue weighted by molar-refractivity contribution is 5.84. The number of methoxy groups -OCH3 is 1. The number of hydrogen-bond acceptors (Lipinski definition) is 6. The first-order chi connectivity index (χ1) is 13.9. The molecule has 4 unspecified atom stereocenters. The van der Waals surface area contributed by atoms with Gasteiger partial charge >= 0.3 is 11.9 Å². The third-order valence-electron chi connectivity index (χ3n) is 5.03. The topological polar surface area (TPSA) is 94.1 Å². The molecule has 1 aliphatic rings. The largest absolute Gasteiger partial charge is 0.497 e. The monoisotopic (exact) mass is 399 g/mol. The number of esters is 1. The molecule has 7 heteroatoms. The lowest BCUT2D eigenvalue weighted by Gasteiger charge is -2.29. The number of hydrogen-bond donors (Lipinski definition) is 2. The maximum atomic E-state index is 13.2. The molecule has 2 aromatic carbocycles. The Bertz CT molecular complexity index is 853. The molecule has 4 atom stereocenters. The number of rotatable bonds is 7. The second-order valence-electron chi connectivity index (χ2n) is 6.94. The van der Waals surface area contributed by atoms with Gasteiger partial charge in [0.25, 0.3) is 0 Å². The van der Waals surface area contributed by atoms with Crippen LogP contribution in [-0.4, -0.2) is 36.4 Å². The van der Waals surface area contributed by atoms with Crippen LogP contribution in [0, 0.1) is 0 Å². The van der Waals surface area contributed by atoms with E-state index in [2.05, 4.69) is 5.32 Å². The third-order valence-corrected chi connectivity index (χ3v) is 5.03. The molecule has 0 aromatic heterocycles. The van der Waals surface area contributed by atoms with Gasteiger partial charge in [-0.25, -0.2) is 9.59 Å². The Kier molecular flexibility index (Phi) is 6.20. The smallest absolute Gasteiger partial charge is 0.359 e. The highest BCUT2D eigenvalue weighted by atomic mass is 16.6. The van der Waals surface area contributed by atoms with Crippen LogP contribution in [-0.2, 0) is 24.8 Å². The van der Waals surface area contributed by atoms with E-state index < -0.39 is 29.8 Å². The van der Waals surface area contributed by atoms with Gasteiger partial charge in [0.15, 0.2) is 6.10 Å². The molecule has 0 radical (unpaired) electrons. The van der Waals surface area contributed by atoms with Gasteiger partial charge in [-0.1, -0.05) is 49.4 Å². The van der Waals surface area contributed by atoms with Crippen molar-refractivity contribution in [3.8, 4) is 5.75 Å². The van der Waals surface area contributed by atoms with Gasteiger partial charge in [-0.2, -0.15) is 0 Å². The molecule has 0 bridgehead atoms. The molecule has 1 aliphatic heterocycles. The maximum Gasteiger partial charge on any atom is 0.359 e. The molecule has 1 saturated heterocycles. The Morgan fingerprint density at radius 1 is 1.17 bits per heavy atom. The van der Waals surface area contributed by atoms with Gasteiger partial charge in [0.1, 0.15) is 5.75 Å². The van der Waals surface area contributed by atoms with Crippen LogP contribution in [0.15, 0.2) is 54.6 Å². The van der Waals surface area contributed by atoms with E-state index in [0.717, 1.165) is 0 Å². The molecular weight excluding hydrogens is 374 g/mol. The highest BCUT2D eigenvalue weighted by Gasteiger charge is 2.56. The Balaban J connectivity index is 2.07. The second kappa shape index (κ2) is 8.63. The molecule has 3 rings (SSSR count). The number of carboxylic acid groups (broad SMARTS) is 1. The summed E-state index contributed by atoms with van der Waals surface area (Å²) in [5.74, 6) is -1.24. The van der Waals surface area contributed by atoms with Crippen LogP contribution in [0.25, 0.3) is 0 Å². The summed E-state index contributed by atoms with van der Waals surface area (Å²) < 4.78 is 16.7. The Hall–Kier alpha value is -2.90. The van der Waals surface area contributed by atoms with Crippen LogP contribution in [0.4, 0.5) is 0 Å². The van der Waals surface area contributed by atoms with Crippen molar-refractivity contribution < 1.29 is 28.9 Å². The number of ether oxygens (including phenoxy) is 3. The molecule has 0 aliphatic carbocycles. The molecule has 2 aromatic rings. The van der Waals surface area contributed by atoms with Crippen LogP contribution in [0.5, 0.6) is 5.75 Å². The van der Waals surface area contributed by atoms with Crippen molar-refractivity contribution in [2.24, 2.45) is 0 Å². The van der Waals surface area contributed by atoms with Crippen LogP contribution in [0.2, 0.25) is 0 Å². The summed E-state index contributed by atoms with van der Waals surface area (Å²) in [6.07, 6.45) is -0.999. The lowest BCUT2D eigenvalue weighted by Crippen LogP contribution is -2.48. The fourth-order valence-electron chi connectivity index (χ4n) is 3.25. The van der Waals surface area contributed by atoms with Crippen molar-refractivity contribution in [2.45, 2.75) is 44.2 Å². The number of nitrogens with one attached hydrogen (secondary N) is 1. The van der Waals surface area contributed by atoms with Gasteiger partial charge < -0.3 is 19.3 Å². The van der Waals surface area contributed by atoms with Crippen molar-refractivity contribution in [3.05, 3.63) is 65.7 Å². The molecule has 0 spiro atoms. The number of aliphatic carboxylic acids is 1. The minimum Gasteiger partial charge on any atom is -0.497 e. The highest BCUT2D eigenvalue weighted by Crippen LogP contribution is 2.40. The predicted octanol–water partition coefficient (Wildman–Crippen LogP) is 3.00. The standard InChI is InChI=1S/C22H25NO6/c1-4-14(2)28-21(26)22(16-10-12-17(27-3)13-11-16)23-18(19(29-22)20(24)25)15-8-6-5-7-9-15/h5-14,18-19,23H,4H2,1-3H3,(H,24,25). The summed E-state index contributed by atoms with van der Waals surface area (Å²) in [7, 11) is 1.54. The summed E-state index contributed by atoms with van der Waals surface area (Å²) in [6, 6.07) is 15.0. The summed E-state index contributed by atoms with van der Waals surface area (Å²) in [5.41, 5.74) is -0.609. The zero-order valence-corrected chi connectivity index (χ0v) is 16.6. The van der Waals surface area contributed by atoms with Crippen molar-refractivity contribution in [1.29, 1.82) is 0 Å². The Morgan fingerprint density at radius 3 is 2.38 bits per heavy atom. The first kappa shape index (κ1) is 20.8. The lowest BCUT2D eigenvalue weighted by molar-refractivity contribution is -0.184. The van der Waals surface area contributed by atoms with E-state index in [4.69, 9.17) is 14.2 Å². The summed E-state index contributed by atoms with van der Waals surface area (Å²) in [6.45, 7) is 3.67. The molecule has 0 saturated carbocycles. The average molecular weight is 399 g/mol. The van der Waals surface area contributed by atoms with Gasteiger partial charge in [-0.05, 0) is 31.0 Å². The quantitative estimate of drug-likeness (QED) is 0.691. The second-order valence-corrected chi connectivity index (χ2v) is 6.94. The van der Waals surface area contributed by atoms with E-state index in [1.165, 1.54) is 7.11 Å². The van der Waals surface area contributed by atoms with Crippen molar-refractivity contribution >= 4 is 11.9 Å². The van der Waals surface area contributed by atoms with Gasteiger partial charge in [-0.15, -0.1) is 0 Å². The maximum absolute atomic E-state index is 13.2.